The molecule has 2 aromatic rings. The highest BCUT2D eigenvalue weighted by Crippen LogP contribution is 2.05. The third kappa shape index (κ3) is 7.59. The van der Waals surface area contributed by atoms with E-state index >= 15 is 0 Å². The van der Waals surface area contributed by atoms with Crippen LogP contribution in [0, 0.1) is 11.3 Å². The molecule has 0 fully saturated rings. The molecule has 0 saturated heterocycles. The molecule has 0 aliphatic heterocycles. The number of hydrogen-bond donors (Lipinski definition) is 3. The quantitative estimate of drug-likeness (QED) is 0.466. The standard InChI is InChI=1S/C20H22N4O3/c21-12-7-13-22-24-19(25)18(14-16-8-3-1-4-9-16)23-20(26)27-15-17-10-5-2-6-11-17/h1-6,8-11,18,22H,7,13-15H2,(H,23,26)(H,24,25)/t18-/m0/s1. The molecule has 0 spiro atoms. The molecule has 1 atom stereocenters. The van der Waals surface area contributed by atoms with Crippen molar-refractivity contribution in [2.45, 2.75) is 25.5 Å². The van der Waals surface area contributed by atoms with Crippen LogP contribution < -0.4 is 16.2 Å². The Hall–Kier alpha value is -3.37. The Morgan fingerprint density at radius 2 is 1.63 bits per heavy atom. The van der Waals surface area contributed by atoms with Gasteiger partial charge in [-0.3, -0.25) is 10.2 Å². The second kappa shape index (κ2) is 11.3. The Labute approximate surface area is 158 Å². The van der Waals surface area contributed by atoms with E-state index in [4.69, 9.17) is 10.00 Å². The van der Waals surface area contributed by atoms with Gasteiger partial charge in [-0.05, 0) is 11.1 Å². The molecule has 0 aliphatic rings. The Morgan fingerprint density at radius 3 is 2.26 bits per heavy atom. The third-order valence-electron chi connectivity index (χ3n) is 3.68. The predicted molar refractivity (Wildman–Crippen MR) is 100 cm³/mol. The van der Waals surface area contributed by atoms with Gasteiger partial charge in [-0.25, -0.2) is 10.2 Å². The van der Waals surface area contributed by atoms with Crippen LogP contribution in [0.25, 0.3) is 0 Å². The molecule has 0 bridgehead atoms. The molecule has 2 rings (SSSR count). The van der Waals surface area contributed by atoms with Gasteiger partial charge < -0.3 is 10.1 Å². The second-order valence-corrected chi connectivity index (χ2v) is 5.77. The summed E-state index contributed by atoms with van der Waals surface area (Å²) in [5.74, 6) is -0.409. The van der Waals surface area contributed by atoms with Gasteiger partial charge in [-0.15, -0.1) is 0 Å². The molecule has 27 heavy (non-hydrogen) atoms. The highest BCUT2D eigenvalue weighted by molar-refractivity contribution is 5.85. The smallest absolute Gasteiger partial charge is 0.408 e. The van der Waals surface area contributed by atoms with Crippen molar-refractivity contribution in [1.82, 2.24) is 16.2 Å². The summed E-state index contributed by atoms with van der Waals surface area (Å²) < 4.78 is 5.20. The van der Waals surface area contributed by atoms with Crippen molar-refractivity contribution in [2.75, 3.05) is 6.54 Å². The number of carbonyl (C=O) groups is 2. The predicted octanol–water partition coefficient (Wildman–Crippen LogP) is 2.06. The topological polar surface area (TPSA) is 103 Å². The van der Waals surface area contributed by atoms with E-state index in [1.165, 1.54) is 0 Å². The third-order valence-corrected chi connectivity index (χ3v) is 3.68. The number of carbonyl (C=O) groups excluding carboxylic acids is 2. The van der Waals surface area contributed by atoms with Gasteiger partial charge >= 0.3 is 6.09 Å². The van der Waals surface area contributed by atoms with Crippen molar-refractivity contribution in [1.29, 1.82) is 5.26 Å². The summed E-state index contributed by atoms with van der Waals surface area (Å²) in [6.07, 6.45) is -0.101. The first-order valence-electron chi connectivity index (χ1n) is 8.60. The lowest BCUT2D eigenvalue weighted by atomic mass is 10.1. The Balaban J connectivity index is 1.92. The fourth-order valence-electron chi connectivity index (χ4n) is 2.32. The average Bonchev–Trinajstić information content (AvgIpc) is 2.70. The first-order valence-corrected chi connectivity index (χ1v) is 8.60. The number of benzene rings is 2. The number of rotatable bonds is 9. The maximum atomic E-state index is 12.4. The minimum Gasteiger partial charge on any atom is -0.445 e. The summed E-state index contributed by atoms with van der Waals surface area (Å²) >= 11 is 0. The summed E-state index contributed by atoms with van der Waals surface area (Å²) in [6, 6.07) is 19.8. The Bertz CT molecular complexity index is 760. The monoisotopic (exact) mass is 366 g/mol. The van der Waals surface area contributed by atoms with Crippen molar-refractivity contribution in [2.24, 2.45) is 0 Å². The molecule has 7 heteroatoms. The molecule has 0 unspecified atom stereocenters. The van der Waals surface area contributed by atoms with Crippen molar-refractivity contribution >= 4 is 12.0 Å². The van der Waals surface area contributed by atoms with Gasteiger partial charge in [0, 0.05) is 19.4 Å². The molecule has 7 nitrogen and oxygen atoms in total. The fourth-order valence-corrected chi connectivity index (χ4v) is 2.32. The van der Waals surface area contributed by atoms with E-state index < -0.39 is 18.0 Å². The molecule has 0 aromatic heterocycles. The van der Waals surface area contributed by atoms with Crippen LogP contribution in [0.2, 0.25) is 0 Å². The zero-order chi connectivity index (χ0) is 19.3. The average molecular weight is 366 g/mol. The zero-order valence-electron chi connectivity index (χ0n) is 14.9. The molecule has 0 aliphatic carbocycles. The number of nitriles is 1. The number of alkyl carbamates (subject to hydrolysis) is 1. The number of hydrogen-bond acceptors (Lipinski definition) is 5. The summed E-state index contributed by atoms with van der Waals surface area (Å²) in [6.45, 7) is 0.436. The number of amides is 2. The van der Waals surface area contributed by atoms with Gasteiger partial charge in [0.05, 0.1) is 6.07 Å². The van der Waals surface area contributed by atoms with Crippen molar-refractivity contribution in [3.05, 3.63) is 71.8 Å². The van der Waals surface area contributed by atoms with E-state index in [0.29, 0.717) is 13.0 Å². The van der Waals surface area contributed by atoms with E-state index in [-0.39, 0.29) is 13.0 Å². The molecular formula is C20H22N4O3. The van der Waals surface area contributed by atoms with E-state index in [1.54, 1.807) is 0 Å². The van der Waals surface area contributed by atoms with Crippen LogP contribution in [0.15, 0.2) is 60.7 Å². The Morgan fingerprint density at radius 1 is 1.00 bits per heavy atom. The molecule has 2 amide bonds. The highest BCUT2D eigenvalue weighted by Gasteiger charge is 2.21. The molecule has 140 valence electrons. The van der Waals surface area contributed by atoms with Gasteiger partial charge in [0.2, 0.25) is 0 Å². The minimum absolute atomic E-state index is 0.118. The van der Waals surface area contributed by atoms with Gasteiger partial charge in [0.25, 0.3) is 5.91 Å². The Kier molecular flexibility index (Phi) is 8.34. The van der Waals surface area contributed by atoms with Crippen LogP contribution in [0.1, 0.15) is 17.5 Å². The number of ether oxygens (including phenoxy) is 1. The first kappa shape index (κ1) is 19.9. The largest absolute Gasteiger partial charge is 0.445 e. The maximum Gasteiger partial charge on any atom is 0.408 e. The van der Waals surface area contributed by atoms with Crippen LogP contribution in [-0.2, 0) is 22.6 Å². The lowest BCUT2D eigenvalue weighted by molar-refractivity contribution is -0.124. The van der Waals surface area contributed by atoms with Crippen molar-refractivity contribution < 1.29 is 14.3 Å². The maximum absolute atomic E-state index is 12.4. The van der Waals surface area contributed by atoms with Crippen LogP contribution >= 0.6 is 0 Å². The summed E-state index contributed by atoms with van der Waals surface area (Å²) in [4.78, 5) is 24.5. The molecule has 0 saturated carbocycles. The van der Waals surface area contributed by atoms with Crippen LogP contribution in [0.4, 0.5) is 4.79 Å². The minimum atomic E-state index is -0.815. The number of hydrazine groups is 1. The van der Waals surface area contributed by atoms with Crippen LogP contribution in [-0.4, -0.2) is 24.6 Å². The van der Waals surface area contributed by atoms with E-state index in [1.807, 2.05) is 66.7 Å². The molecule has 2 aromatic carbocycles. The fraction of sp³-hybridized carbons (Fsp3) is 0.250. The SMILES string of the molecule is N#CCCNNC(=O)[C@H](Cc1ccccc1)NC(=O)OCc1ccccc1. The molecular weight excluding hydrogens is 344 g/mol. The normalized spacial score (nSPS) is 11.1. The van der Waals surface area contributed by atoms with Crippen molar-refractivity contribution in [3.63, 3.8) is 0 Å². The van der Waals surface area contributed by atoms with E-state index in [0.717, 1.165) is 11.1 Å². The summed E-state index contributed by atoms with van der Waals surface area (Å²) in [7, 11) is 0. The number of nitrogens with zero attached hydrogens (tertiary/aromatic N) is 1. The van der Waals surface area contributed by atoms with Gasteiger partial charge in [0.1, 0.15) is 12.6 Å². The van der Waals surface area contributed by atoms with Gasteiger partial charge in [-0.1, -0.05) is 60.7 Å². The first-order chi connectivity index (χ1) is 13.2. The van der Waals surface area contributed by atoms with Crippen LogP contribution in [0.5, 0.6) is 0 Å². The summed E-state index contributed by atoms with van der Waals surface area (Å²) in [5.41, 5.74) is 6.93. The molecule has 3 N–H and O–H groups in total. The lowest BCUT2D eigenvalue weighted by Gasteiger charge is -2.18. The summed E-state index contributed by atoms with van der Waals surface area (Å²) in [5, 5.41) is 11.1. The second-order valence-electron chi connectivity index (χ2n) is 5.77. The molecule has 0 heterocycles. The van der Waals surface area contributed by atoms with Crippen molar-refractivity contribution in [3.8, 4) is 6.07 Å². The van der Waals surface area contributed by atoms with E-state index in [9.17, 15) is 9.59 Å². The zero-order valence-corrected chi connectivity index (χ0v) is 14.9. The van der Waals surface area contributed by atoms with Gasteiger partial charge in [0.15, 0.2) is 0 Å². The lowest BCUT2D eigenvalue weighted by Crippen LogP contribution is -2.52. The molecule has 0 radical (unpaired) electrons. The van der Waals surface area contributed by atoms with E-state index in [2.05, 4.69) is 16.2 Å². The van der Waals surface area contributed by atoms with Crippen LogP contribution in [0.3, 0.4) is 0 Å². The number of nitrogens with one attached hydrogen (secondary N) is 3. The highest BCUT2D eigenvalue weighted by atomic mass is 16.5. The van der Waals surface area contributed by atoms with Gasteiger partial charge in [-0.2, -0.15) is 5.26 Å².